The Morgan fingerprint density at radius 1 is 1.12 bits per heavy atom. The summed E-state index contributed by atoms with van der Waals surface area (Å²) < 4.78 is 0. The highest BCUT2D eigenvalue weighted by Crippen LogP contribution is 2.38. The van der Waals surface area contributed by atoms with Crippen molar-refractivity contribution in [1.82, 2.24) is 25.7 Å². The zero-order chi connectivity index (χ0) is 18.1. The number of nitrogens with zero attached hydrogens (tertiary/aromatic N) is 6. The monoisotopic (exact) mass is 353 g/mol. The molecule has 0 unspecified atom stereocenters. The van der Waals surface area contributed by atoms with Crippen molar-refractivity contribution in [3.8, 4) is 0 Å². The van der Waals surface area contributed by atoms with Gasteiger partial charge < -0.3 is 15.1 Å². The number of amides is 1. The number of anilines is 2. The molecule has 0 aromatic carbocycles. The Labute approximate surface area is 152 Å². The smallest absolute Gasteiger partial charge is 0.271 e. The molecular formula is C18H23N7O. The zero-order valence-corrected chi connectivity index (χ0v) is 15.1. The molecule has 4 rings (SSSR count). The fraction of sp³-hybridized carbons (Fsp3) is 0.500. The van der Waals surface area contributed by atoms with E-state index in [0.717, 1.165) is 30.4 Å². The molecule has 1 saturated heterocycles. The van der Waals surface area contributed by atoms with E-state index < -0.39 is 0 Å². The molecule has 0 radical (unpaired) electrons. The van der Waals surface area contributed by atoms with Crippen molar-refractivity contribution in [2.24, 2.45) is 5.92 Å². The van der Waals surface area contributed by atoms with E-state index in [0.29, 0.717) is 24.1 Å². The first-order valence-corrected chi connectivity index (χ1v) is 8.98. The lowest BCUT2D eigenvalue weighted by molar-refractivity contribution is 0.0938. The Bertz CT molecular complexity index is 765. The minimum Gasteiger partial charge on any atom is -0.361 e. The van der Waals surface area contributed by atoms with Crippen molar-refractivity contribution in [2.45, 2.75) is 18.8 Å². The maximum absolute atomic E-state index is 12.2. The average Bonchev–Trinajstić information content (AvgIpc) is 3.46. The Kier molecular flexibility index (Phi) is 4.40. The Hall–Kier alpha value is -2.77. The van der Waals surface area contributed by atoms with Crippen LogP contribution in [0.25, 0.3) is 0 Å². The van der Waals surface area contributed by atoms with Gasteiger partial charge in [-0.05, 0) is 37.1 Å². The molecule has 1 N–H and O–H groups in total. The van der Waals surface area contributed by atoms with Gasteiger partial charge in [0.15, 0.2) is 17.3 Å². The van der Waals surface area contributed by atoms with Crippen molar-refractivity contribution in [1.29, 1.82) is 0 Å². The molecule has 1 saturated carbocycles. The average molecular weight is 353 g/mol. The quantitative estimate of drug-likeness (QED) is 0.831. The lowest BCUT2D eigenvalue weighted by Crippen LogP contribution is -2.52. The minimum absolute atomic E-state index is 0.185. The van der Waals surface area contributed by atoms with Gasteiger partial charge in [-0.2, -0.15) is 5.10 Å². The van der Waals surface area contributed by atoms with E-state index in [2.05, 4.69) is 42.7 Å². The third-order valence-corrected chi connectivity index (χ3v) is 4.84. The number of carbonyl (C=O) groups excluding carboxylic acids is 1. The van der Waals surface area contributed by atoms with E-state index in [-0.39, 0.29) is 5.91 Å². The molecule has 0 spiro atoms. The first-order chi connectivity index (χ1) is 12.6. The summed E-state index contributed by atoms with van der Waals surface area (Å²) in [5.41, 5.74) is 1.45. The van der Waals surface area contributed by atoms with Crippen LogP contribution in [0, 0.1) is 5.92 Å². The highest BCUT2D eigenvalue weighted by molar-refractivity contribution is 5.92. The van der Waals surface area contributed by atoms with Crippen molar-refractivity contribution in [2.75, 3.05) is 43.5 Å². The number of nitrogens with one attached hydrogen (secondary N) is 1. The van der Waals surface area contributed by atoms with Crippen molar-refractivity contribution in [3.63, 3.8) is 0 Å². The van der Waals surface area contributed by atoms with E-state index >= 15 is 0 Å². The highest BCUT2D eigenvalue weighted by atomic mass is 16.1. The first-order valence-electron chi connectivity index (χ1n) is 8.98. The zero-order valence-electron chi connectivity index (χ0n) is 15.1. The third kappa shape index (κ3) is 3.58. The van der Waals surface area contributed by atoms with Crippen LogP contribution < -0.4 is 15.1 Å². The Balaban J connectivity index is 1.23. The summed E-state index contributed by atoms with van der Waals surface area (Å²) in [6.45, 7) is 2.38. The number of carbonyl (C=O) groups is 1. The van der Waals surface area contributed by atoms with E-state index in [1.807, 2.05) is 19.0 Å². The molecule has 136 valence electrons. The van der Waals surface area contributed by atoms with Crippen LogP contribution in [-0.4, -0.2) is 60.0 Å². The second-order valence-corrected chi connectivity index (χ2v) is 7.24. The van der Waals surface area contributed by atoms with Crippen LogP contribution >= 0.6 is 0 Å². The summed E-state index contributed by atoms with van der Waals surface area (Å²) in [5, 5.41) is 19.6. The highest BCUT2D eigenvalue weighted by Gasteiger charge is 2.30. The maximum Gasteiger partial charge on any atom is 0.271 e. The van der Waals surface area contributed by atoms with E-state index in [1.165, 1.54) is 12.8 Å². The molecule has 1 aliphatic heterocycles. The minimum atomic E-state index is -0.185. The lowest BCUT2D eigenvalue weighted by Gasteiger charge is -2.39. The molecule has 3 heterocycles. The predicted molar refractivity (Wildman–Crippen MR) is 98.4 cm³/mol. The fourth-order valence-electron chi connectivity index (χ4n) is 3.00. The number of hydrogen-bond donors (Lipinski definition) is 1. The van der Waals surface area contributed by atoms with Crippen molar-refractivity contribution < 1.29 is 4.79 Å². The molecule has 0 atom stereocenters. The summed E-state index contributed by atoms with van der Waals surface area (Å²) in [7, 11) is 3.77. The second kappa shape index (κ2) is 6.86. The number of rotatable bonds is 6. The van der Waals surface area contributed by atoms with Crippen molar-refractivity contribution >= 4 is 17.5 Å². The molecule has 2 aromatic rings. The molecule has 26 heavy (non-hydrogen) atoms. The van der Waals surface area contributed by atoms with Crippen LogP contribution in [0.2, 0.25) is 0 Å². The van der Waals surface area contributed by atoms with Gasteiger partial charge in [-0.3, -0.25) is 4.79 Å². The summed E-state index contributed by atoms with van der Waals surface area (Å²) in [6.07, 6.45) is 2.48. The van der Waals surface area contributed by atoms with Gasteiger partial charge in [-0.15, -0.1) is 15.3 Å². The van der Waals surface area contributed by atoms with E-state index in [1.54, 1.807) is 12.1 Å². The molecule has 8 nitrogen and oxygen atoms in total. The lowest BCUT2D eigenvalue weighted by atomic mass is 10.00. The Morgan fingerprint density at radius 2 is 1.92 bits per heavy atom. The first kappa shape index (κ1) is 16.7. The second-order valence-electron chi connectivity index (χ2n) is 7.24. The van der Waals surface area contributed by atoms with E-state index in [9.17, 15) is 4.79 Å². The molecule has 0 bridgehead atoms. The maximum atomic E-state index is 12.2. The summed E-state index contributed by atoms with van der Waals surface area (Å²) in [4.78, 5) is 16.2. The van der Waals surface area contributed by atoms with Crippen LogP contribution in [0.5, 0.6) is 0 Å². The molecule has 2 aliphatic rings. The van der Waals surface area contributed by atoms with Crippen molar-refractivity contribution in [3.05, 3.63) is 35.7 Å². The van der Waals surface area contributed by atoms with Gasteiger partial charge in [-0.25, -0.2) is 0 Å². The number of aromatic nitrogens is 4. The summed E-state index contributed by atoms with van der Waals surface area (Å²) >= 11 is 0. The summed E-state index contributed by atoms with van der Waals surface area (Å²) in [5.74, 6) is 2.51. The largest absolute Gasteiger partial charge is 0.361 e. The van der Waals surface area contributed by atoms with E-state index in [4.69, 9.17) is 0 Å². The van der Waals surface area contributed by atoms with Crippen LogP contribution in [0.1, 0.15) is 34.9 Å². The molecule has 2 fully saturated rings. The van der Waals surface area contributed by atoms with Crippen LogP contribution in [0.3, 0.4) is 0 Å². The van der Waals surface area contributed by atoms with Crippen LogP contribution in [-0.2, 0) is 0 Å². The van der Waals surface area contributed by atoms with Gasteiger partial charge >= 0.3 is 0 Å². The van der Waals surface area contributed by atoms with Crippen LogP contribution in [0.4, 0.5) is 11.6 Å². The Morgan fingerprint density at radius 3 is 2.50 bits per heavy atom. The molecule has 1 aliphatic carbocycles. The topological polar surface area (TPSA) is 87.1 Å². The summed E-state index contributed by atoms with van der Waals surface area (Å²) in [6, 6.07) is 7.63. The number of hydrogen-bond acceptors (Lipinski definition) is 7. The standard InChI is InChI=1S/C18H23N7O/c1-24(2)16-7-6-15(21-22-16)18(26)19-9-12-10-25(11-12)17-8-5-14(20-23-17)13-3-4-13/h5-8,12-13H,3-4,9-11H2,1-2H3,(H,19,26). The predicted octanol–water partition coefficient (Wildman–Crippen LogP) is 1.08. The molecule has 1 amide bonds. The van der Waals surface area contributed by atoms with Crippen LogP contribution in [0.15, 0.2) is 24.3 Å². The normalized spacial score (nSPS) is 16.9. The molecule has 2 aromatic heterocycles. The van der Waals surface area contributed by atoms with Gasteiger partial charge in [0.25, 0.3) is 5.91 Å². The fourth-order valence-corrected chi connectivity index (χ4v) is 3.00. The van der Waals surface area contributed by atoms with Gasteiger partial charge in [-0.1, -0.05) is 0 Å². The molecule has 8 heteroatoms. The van der Waals surface area contributed by atoms with Gasteiger partial charge in [0.05, 0.1) is 5.69 Å². The van der Waals surface area contributed by atoms with Gasteiger partial charge in [0, 0.05) is 45.6 Å². The van der Waals surface area contributed by atoms with Gasteiger partial charge in [0.2, 0.25) is 0 Å². The van der Waals surface area contributed by atoms with Gasteiger partial charge in [0.1, 0.15) is 0 Å². The third-order valence-electron chi connectivity index (χ3n) is 4.84. The molecular weight excluding hydrogens is 330 g/mol. The SMILES string of the molecule is CN(C)c1ccc(C(=O)NCC2CN(c3ccc(C4CC4)nn3)C2)nn1.